The van der Waals surface area contributed by atoms with Crippen LogP contribution in [0.5, 0.6) is 5.75 Å². The van der Waals surface area contributed by atoms with Crippen molar-refractivity contribution in [1.29, 1.82) is 0 Å². The summed E-state index contributed by atoms with van der Waals surface area (Å²) >= 11 is 1.75. The van der Waals surface area contributed by atoms with Crippen LogP contribution in [0.25, 0.3) is 0 Å². The van der Waals surface area contributed by atoms with Crippen LogP contribution in [0.4, 0.5) is 0 Å². The lowest BCUT2D eigenvalue weighted by atomic mass is 10.0. The number of carbonyl (C=O) groups is 1. The molecule has 6 heteroatoms. The number of hydrogen-bond acceptors (Lipinski definition) is 4. The Morgan fingerprint density at radius 3 is 2.55 bits per heavy atom. The minimum Gasteiger partial charge on any atom is -0.496 e. The van der Waals surface area contributed by atoms with Gasteiger partial charge in [0.05, 0.1) is 7.11 Å². The molecule has 0 aliphatic carbocycles. The summed E-state index contributed by atoms with van der Waals surface area (Å²) in [7, 11) is 1.68. The minimum absolute atomic E-state index is 0. The SMILES string of the molecule is COc1ccccc1SCC(C)CNC(=O)C(C)C(C)N.Cl. The number of nitrogens with two attached hydrogens (primary N) is 1. The topological polar surface area (TPSA) is 64.3 Å². The molecule has 3 unspecified atom stereocenters. The van der Waals surface area contributed by atoms with Gasteiger partial charge in [-0.05, 0) is 25.0 Å². The third kappa shape index (κ3) is 6.90. The average molecular weight is 347 g/mol. The summed E-state index contributed by atoms with van der Waals surface area (Å²) in [6.45, 7) is 6.50. The summed E-state index contributed by atoms with van der Waals surface area (Å²) in [6.07, 6.45) is 0. The highest BCUT2D eigenvalue weighted by molar-refractivity contribution is 7.99. The van der Waals surface area contributed by atoms with Crippen molar-refractivity contribution in [1.82, 2.24) is 5.32 Å². The molecule has 22 heavy (non-hydrogen) atoms. The molecule has 0 spiro atoms. The van der Waals surface area contributed by atoms with Gasteiger partial charge in [0.25, 0.3) is 0 Å². The second kappa shape index (κ2) is 10.8. The highest BCUT2D eigenvalue weighted by Gasteiger charge is 2.17. The number of benzene rings is 1. The van der Waals surface area contributed by atoms with E-state index in [9.17, 15) is 4.79 Å². The van der Waals surface area contributed by atoms with Crippen molar-refractivity contribution in [3.8, 4) is 5.75 Å². The predicted octanol–water partition coefficient (Wildman–Crippen LogP) is 2.94. The number of ether oxygens (including phenoxy) is 1. The zero-order valence-corrected chi connectivity index (χ0v) is 15.3. The molecule has 3 N–H and O–H groups in total. The first-order valence-corrected chi connectivity index (χ1v) is 8.23. The summed E-state index contributed by atoms with van der Waals surface area (Å²) < 4.78 is 5.33. The Hall–Kier alpha value is -0.910. The third-order valence-corrected chi connectivity index (χ3v) is 4.80. The predicted molar refractivity (Wildman–Crippen MR) is 96.0 cm³/mol. The van der Waals surface area contributed by atoms with Crippen molar-refractivity contribution >= 4 is 30.1 Å². The number of carbonyl (C=O) groups excluding carboxylic acids is 1. The number of thioether (sulfide) groups is 1. The molecular weight excluding hydrogens is 320 g/mol. The molecule has 1 aromatic rings. The minimum atomic E-state index is -0.154. The van der Waals surface area contributed by atoms with Crippen LogP contribution in [-0.4, -0.2) is 31.4 Å². The smallest absolute Gasteiger partial charge is 0.224 e. The average Bonchev–Trinajstić information content (AvgIpc) is 2.49. The zero-order chi connectivity index (χ0) is 15.8. The molecule has 0 bridgehead atoms. The van der Waals surface area contributed by atoms with Gasteiger partial charge in [-0.1, -0.05) is 26.0 Å². The molecule has 1 aromatic carbocycles. The molecule has 0 saturated heterocycles. The molecule has 126 valence electrons. The molecule has 1 rings (SSSR count). The Bertz CT molecular complexity index is 458. The fraction of sp³-hybridized carbons (Fsp3) is 0.562. The second-order valence-corrected chi connectivity index (χ2v) is 6.52. The largest absolute Gasteiger partial charge is 0.496 e. The number of para-hydroxylation sites is 1. The van der Waals surface area contributed by atoms with Gasteiger partial charge in [-0.25, -0.2) is 0 Å². The lowest BCUT2D eigenvalue weighted by molar-refractivity contribution is -0.125. The normalized spacial score (nSPS) is 14.4. The summed E-state index contributed by atoms with van der Waals surface area (Å²) in [5.41, 5.74) is 5.73. The number of methoxy groups -OCH3 is 1. The van der Waals surface area contributed by atoms with Crippen LogP contribution in [0, 0.1) is 11.8 Å². The van der Waals surface area contributed by atoms with Crippen molar-refractivity contribution in [2.45, 2.75) is 31.7 Å². The first-order valence-electron chi connectivity index (χ1n) is 7.24. The van der Waals surface area contributed by atoms with Gasteiger partial charge < -0.3 is 15.8 Å². The Labute approximate surface area is 144 Å². The fourth-order valence-corrected chi connectivity index (χ4v) is 2.75. The van der Waals surface area contributed by atoms with Crippen molar-refractivity contribution in [2.75, 3.05) is 19.4 Å². The summed E-state index contributed by atoms with van der Waals surface area (Å²) in [4.78, 5) is 13.0. The molecule has 0 fully saturated rings. The Balaban J connectivity index is 0.00000441. The molecule has 0 aromatic heterocycles. The first kappa shape index (κ1) is 21.1. The number of amides is 1. The van der Waals surface area contributed by atoms with Crippen molar-refractivity contribution in [3.05, 3.63) is 24.3 Å². The standard InChI is InChI=1S/C16H26N2O2S.ClH/c1-11(9-18-16(19)12(2)13(3)17)10-21-15-8-6-5-7-14(15)20-4;/h5-8,11-13H,9-10,17H2,1-4H3,(H,18,19);1H. The molecule has 0 saturated carbocycles. The van der Waals surface area contributed by atoms with E-state index >= 15 is 0 Å². The molecule has 0 radical (unpaired) electrons. The summed E-state index contributed by atoms with van der Waals surface area (Å²) in [5, 5.41) is 2.96. The summed E-state index contributed by atoms with van der Waals surface area (Å²) in [5.74, 6) is 2.07. The van der Waals surface area contributed by atoms with Crippen molar-refractivity contribution < 1.29 is 9.53 Å². The van der Waals surface area contributed by atoms with E-state index in [0.29, 0.717) is 12.5 Å². The van der Waals surface area contributed by atoms with Gasteiger partial charge in [-0.3, -0.25) is 4.79 Å². The van der Waals surface area contributed by atoms with Gasteiger partial charge in [0.15, 0.2) is 0 Å². The van der Waals surface area contributed by atoms with Gasteiger partial charge in [0, 0.05) is 29.2 Å². The van der Waals surface area contributed by atoms with Gasteiger partial charge in [0.1, 0.15) is 5.75 Å². The maximum atomic E-state index is 11.8. The highest BCUT2D eigenvalue weighted by Crippen LogP contribution is 2.29. The maximum Gasteiger partial charge on any atom is 0.224 e. The molecule has 0 aliphatic heterocycles. The maximum absolute atomic E-state index is 11.8. The van der Waals surface area contributed by atoms with Crippen LogP contribution in [-0.2, 0) is 4.79 Å². The van der Waals surface area contributed by atoms with Crippen molar-refractivity contribution in [3.63, 3.8) is 0 Å². The van der Waals surface area contributed by atoms with Gasteiger partial charge in [-0.15, -0.1) is 24.2 Å². The molecule has 4 nitrogen and oxygen atoms in total. The summed E-state index contributed by atoms with van der Waals surface area (Å²) in [6, 6.07) is 7.85. The Kier molecular flexibility index (Phi) is 10.3. The number of halogens is 1. The van der Waals surface area contributed by atoms with Crippen LogP contribution < -0.4 is 15.8 Å². The van der Waals surface area contributed by atoms with E-state index in [2.05, 4.69) is 12.2 Å². The van der Waals surface area contributed by atoms with E-state index in [4.69, 9.17) is 10.5 Å². The lowest BCUT2D eigenvalue weighted by Gasteiger charge is -2.18. The highest BCUT2D eigenvalue weighted by atomic mass is 35.5. The monoisotopic (exact) mass is 346 g/mol. The van der Waals surface area contributed by atoms with E-state index in [1.165, 1.54) is 0 Å². The van der Waals surface area contributed by atoms with Gasteiger partial charge >= 0.3 is 0 Å². The fourth-order valence-electron chi connectivity index (χ4n) is 1.70. The van der Waals surface area contributed by atoms with Crippen LogP contribution >= 0.6 is 24.2 Å². The van der Waals surface area contributed by atoms with Crippen LogP contribution in [0.15, 0.2) is 29.2 Å². The zero-order valence-electron chi connectivity index (χ0n) is 13.7. The van der Waals surface area contributed by atoms with E-state index in [0.717, 1.165) is 16.4 Å². The first-order chi connectivity index (χ1) is 9.95. The molecule has 1 amide bonds. The molecule has 0 heterocycles. The van der Waals surface area contributed by atoms with E-state index in [1.807, 2.05) is 38.1 Å². The second-order valence-electron chi connectivity index (χ2n) is 5.46. The van der Waals surface area contributed by atoms with Gasteiger partial charge in [-0.2, -0.15) is 0 Å². The number of rotatable bonds is 8. The number of hydrogen-bond donors (Lipinski definition) is 2. The van der Waals surface area contributed by atoms with E-state index in [-0.39, 0.29) is 30.3 Å². The number of nitrogens with one attached hydrogen (secondary N) is 1. The lowest BCUT2D eigenvalue weighted by Crippen LogP contribution is -2.40. The molecule has 0 aliphatic rings. The third-order valence-electron chi connectivity index (χ3n) is 3.42. The quantitative estimate of drug-likeness (QED) is 0.710. The van der Waals surface area contributed by atoms with Crippen LogP contribution in [0.3, 0.4) is 0 Å². The van der Waals surface area contributed by atoms with E-state index in [1.54, 1.807) is 18.9 Å². The van der Waals surface area contributed by atoms with Crippen molar-refractivity contribution in [2.24, 2.45) is 17.6 Å². The molecular formula is C16H27ClN2O2S. The van der Waals surface area contributed by atoms with Gasteiger partial charge in [0.2, 0.25) is 5.91 Å². The Morgan fingerprint density at radius 2 is 1.95 bits per heavy atom. The van der Waals surface area contributed by atoms with Crippen LogP contribution in [0.1, 0.15) is 20.8 Å². The van der Waals surface area contributed by atoms with E-state index < -0.39 is 0 Å². The van der Waals surface area contributed by atoms with Crippen LogP contribution in [0.2, 0.25) is 0 Å². The molecule has 3 atom stereocenters. The Morgan fingerprint density at radius 1 is 1.32 bits per heavy atom.